The van der Waals surface area contributed by atoms with Gasteiger partial charge < -0.3 is 9.73 Å². The molecule has 0 spiro atoms. The van der Waals surface area contributed by atoms with Gasteiger partial charge in [-0.15, -0.1) is 0 Å². The van der Waals surface area contributed by atoms with Gasteiger partial charge >= 0.3 is 0 Å². The number of benzene rings is 1. The molecule has 1 saturated heterocycles. The molecule has 7 heteroatoms. The third-order valence-electron chi connectivity index (χ3n) is 4.48. The summed E-state index contributed by atoms with van der Waals surface area (Å²) >= 11 is 0. The van der Waals surface area contributed by atoms with Crippen molar-refractivity contribution in [1.29, 1.82) is 0 Å². The van der Waals surface area contributed by atoms with Gasteiger partial charge in [-0.2, -0.15) is 0 Å². The highest BCUT2D eigenvalue weighted by Crippen LogP contribution is 2.15. The van der Waals surface area contributed by atoms with Gasteiger partial charge in [0, 0.05) is 37.9 Å². The molecule has 1 aliphatic rings. The highest BCUT2D eigenvalue weighted by Gasteiger charge is 2.26. The van der Waals surface area contributed by atoms with E-state index in [0.717, 1.165) is 50.6 Å². The number of rotatable bonds is 5. The van der Waals surface area contributed by atoms with Crippen LogP contribution in [-0.2, 0) is 11.3 Å². The highest BCUT2D eigenvalue weighted by atomic mass is 19.2. The maximum Gasteiger partial charge on any atom is 0.241 e. The van der Waals surface area contributed by atoms with E-state index < -0.39 is 11.6 Å². The number of furan rings is 1. The second-order valence-corrected chi connectivity index (χ2v) is 6.19. The van der Waals surface area contributed by atoms with Crippen molar-refractivity contribution in [2.75, 3.05) is 31.5 Å². The molecule has 1 atom stereocenters. The quantitative estimate of drug-likeness (QED) is 0.902. The molecule has 2 aromatic rings. The van der Waals surface area contributed by atoms with Gasteiger partial charge in [0.2, 0.25) is 5.91 Å². The average molecular weight is 349 g/mol. The number of hydrogen-bond acceptors (Lipinski definition) is 4. The Balaban J connectivity index is 1.50. The summed E-state index contributed by atoms with van der Waals surface area (Å²) in [6, 6.07) is 6.81. The number of anilines is 1. The van der Waals surface area contributed by atoms with Crippen LogP contribution in [0.4, 0.5) is 14.5 Å². The number of amides is 1. The van der Waals surface area contributed by atoms with Crippen LogP contribution in [0.25, 0.3) is 0 Å². The van der Waals surface area contributed by atoms with Crippen LogP contribution in [0.2, 0.25) is 0 Å². The predicted molar refractivity (Wildman–Crippen MR) is 90.0 cm³/mol. The maximum atomic E-state index is 13.2. The Labute approximate surface area is 145 Å². The van der Waals surface area contributed by atoms with Crippen LogP contribution >= 0.6 is 0 Å². The lowest BCUT2D eigenvalue weighted by Crippen LogP contribution is -2.52. The molecule has 1 N–H and O–H groups in total. The molecule has 5 nitrogen and oxygen atoms in total. The van der Waals surface area contributed by atoms with Gasteiger partial charge in [0.1, 0.15) is 5.76 Å². The lowest BCUT2D eigenvalue weighted by molar-refractivity contribution is -0.121. The molecule has 134 valence electrons. The third kappa shape index (κ3) is 4.43. The molecule has 1 fully saturated rings. The van der Waals surface area contributed by atoms with Crippen LogP contribution < -0.4 is 5.32 Å². The second-order valence-electron chi connectivity index (χ2n) is 6.19. The first kappa shape index (κ1) is 17.6. The Morgan fingerprint density at radius 2 is 1.96 bits per heavy atom. The molecule has 0 unspecified atom stereocenters. The maximum absolute atomic E-state index is 13.2. The van der Waals surface area contributed by atoms with Crippen molar-refractivity contribution in [3.05, 3.63) is 54.0 Å². The van der Waals surface area contributed by atoms with Crippen molar-refractivity contribution in [1.82, 2.24) is 9.80 Å². The Kier molecular flexibility index (Phi) is 5.45. The molecular formula is C18H21F2N3O2. The zero-order chi connectivity index (χ0) is 17.8. The molecule has 2 heterocycles. The normalized spacial score (nSPS) is 17.4. The van der Waals surface area contributed by atoms with Crippen LogP contribution in [0.1, 0.15) is 12.7 Å². The molecule has 0 aliphatic carbocycles. The number of carbonyl (C=O) groups excluding carboxylic acids is 1. The average Bonchev–Trinajstić information content (AvgIpc) is 3.11. The molecule has 1 aromatic carbocycles. The van der Waals surface area contributed by atoms with Gasteiger partial charge in [-0.05, 0) is 31.2 Å². The van der Waals surface area contributed by atoms with Crippen LogP contribution in [0, 0.1) is 11.6 Å². The SMILES string of the molecule is C[C@@H](C(=O)Nc1ccc(F)c(F)c1)N1CCN(Cc2ccco2)CC1. The van der Waals surface area contributed by atoms with E-state index in [1.807, 2.05) is 19.1 Å². The third-order valence-corrected chi connectivity index (χ3v) is 4.48. The fourth-order valence-electron chi connectivity index (χ4n) is 2.92. The topological polar surface area (TPSA) is 48.7 Å². The van der Waals surface area contributed by atoms with Crippen molar-refractivity contribution in [3.8, 4) is 0 Å². The fraction of sp³-hybridized carbons (Fsp3) is 0.389. The van der Waals surface area contributed by atoms with E-state index in [2.05, 4.69) is 15.1 Å². The summed E-state index contributed by atoms with van der Waals surface area (Å²) in [7, 11) is 0. The molecule has 1 amide bonds. The molecule has 0 radical (unpaired) electrons. The van der Waals surface area contributed by atoms with E-state index in [0.29, 0.717) is 0 Å². The minimum atomic E-state index is -0.975. The van der Waals surface area contributed by atoms with E-state index in [1.54, 1.807) is 6.26 Å². The molecule has 0 bridgehead atoms. The summed E-state index contributed by atoms with van der Waals surface area (Å²) < 4.78 is 31.5. The van der Waals surface area contributed by atoms with Crippen molar-refractivity contribution < 1.29 is 18.0 Å². The zero-order valence-electron chi connectivity index (χ0n) is 14.0. The minimum absolute atomic E-state index is 0.231. The number of halogens is 2. The van der Waals surface area contributed by atoms with Crippen molar-refractivity contribution in [2.24, 2.45) is 0 Å². The van der Waals surface area contributed by atoms with Gasteiger partial charge in [-0.3, -0.25) is 14.6 Å². The number of nitrogens with one attached hydrogen (secondary N) is 1. The molecule has 3 rings (SSSR count). The minimum Gasteiger partial charge on any atom is -0.468 e. The zero-order valence-corrected chi connectivity index (χ0v) is 14.0. The smallest absolute Gasteiger partial charge is 0.241 e. The summed E-state index contributed by atoms with van der Waals surface area (Å²) in [6.07, 6.45) is 1.66. The summed E-state index contributed by atoms with van der Waals surface area (Å²) in [5.74, 6) is -1.21. The highest BCUT2D eigenvalue weighted by molar-refractivity contribution is 5.94. The molecular weight excluding hydrogens is 328 g/mol. The number of nitrogens with zero attached hydrogens (tertiary/aromatic N) is 2. The van der Waals surface area contributed by atoms with Gasteiger partial charge in [0.25, 0.3) is 0 Å². The van der Waals surface area contributed by atoms with Crippen LogP contribution in [0.15, 0.2) is 41.0 Å². The van der Waals surface area contributed by atoms with Crippen LogP contribution in [-0.4, -0.2) is 47.9 Å². The van der Waals surface area contributed by atoms with Crippen molar-refractivity contribution in [2.45, 2.75) is 19.5 Å². The van der Waals surface area contributed by atoms with E-state index in [9.17, 15) is 13.6 Å². The molecule has 25 heavy (non-hydrogen) atoms. The van der Waals surface area contributed by atoms with Crippen molar-refractivity contribution >= 4 is 11.6 Å². The Bertz CT molecular complexity index is 713. The Hall–Kier alpha value is -2.25. The van der Waals surface area contributed by atoms with Gasteiger partial charge in [-0.1, -0.05) is 0 Å². The van der Waals surface area contributed by atoms with E-state index in [4.69, 9.17) is 4.42 Å². The van der Waals surface area contributed by atoms with E-state index in [-0.39, 0.29) is 17.6 Å². The summed E-state index contributed by atoms with van der Waals surface area (Å²) in [5, 5.41) is 2.64. The summed E-state index contributed by atoms with van der Waals surface area (Å²) in [5.41, 5.74) is 0.257. The number of piperazine rings is 1. The number of carbonyl (C=O) groups is 1. The number of hydrogen-bond donors (Lipinski definition) is 1. The van der Waals surface area contributed by atoms with Crippen LogP contribution in [0.5, 0.6) is 0 Å². The van der Waals surface area contributed by atoms with E-state index in [1.165, 1.54) is 6.07 Å². The van der Waals surface area contributed by atoms with E-state index >= 15 is 0 Å². The standard InChI is InChI=1S/C18H21F2N3O2/c1-13(18(24)21-14-4-5-16(19)17(20)11-14)23-8-6-22(7-9-23)12-15-3-2-10-25-15/h2-5,10-11,13H,6-9,12H2,1H3,(H,21,24)/t13-/m0/s1. The van der Waals surface area contributed by atoms with Gasteiger partial charge in [-0.25, -0.2) is 8.78 Å². The Morgan fingerprint density at radius 3 is 2.60 bits per heavy atom. The summed E-state index contributed by atoms with van der Waals surface area (Å²) in [4.78, 5) is 16.7. The molecule has 1 aromatic heterocycles. The predicted octanol–water partition coefficient (Wildman–Crippen LogP) is 2.70. The van der Waals surface area contributed by atoms with Crippen LogP contribution in [0.3, 0.4) is 0 Å². The molecule has 0 saturated carbocycles. The fourth-order valence-corrected chi connectivity index (χ4v) is 2.92. The lowest BCUT2D eigenvalue weighted by Gasteiger charge is -2.37. The first-order valence-corrected chi connectivity index (χ1v) is 8.27. The Morgan fingerprint density at radius 1 is 1.20 bits per heavy atom. The molecule has 1 aliphatic heterocycles. The summed E-state index contributed by atoms with van der Waals surface area (Å²) in [6.45, 7) is 5.76. The van der Waals surface area contributed by atoms with Gasteiger partial charge in [0.05, 0.1) is 18.8 Å². The first-order chi connectivity index (χ1) is 12.0. The largest absolute Gasteiger partial charge is 0.468 e. The van der Waals surface area contributed by atoms with Crippen molar-refractivity contribution in [3.63, 3.8) is 0 Å². The second kappa shape index (κ2) is 7.76. The lowest BCUT2D eigenvalue weighted by atomic mass is 10.2. The van der Waals surface area contributed by atoms with Gasteiger partial charge in [0.15, 0.2) is 11.6 Å². The monoisotopic (exact) mass is 349 g/mol. The first-order valence-electron chi connectivity index (χ1n) is 8.27.